The first-order valence-corrected chi connectivity index (χ1v) is 14.4. The molecule has 43 heavy (non-hydrogen) atoms. The van der Waals surface area contributed by atoms with Crippen LogP contribution in [0.1, 0.15) is 57.9 Å². The first-order chi connectivity index (χ1) is 20.5. The maximum absolute atomic E-state index is 13.3. The van der Waals surface area contributed by atoms with Crippen LogP contribution in [0.15, 0.2) is 36.4 Å². The SMILES string of the molecule is CC(C)C(NC(=O)CCCCCN1C(=O)C=CC1=O)C(=O)N[C@H](CCCNC(N)=O)C(=O)Nc1ccc(CCNF)cc1. The molecule has 0 aliphatic carbocycles. The number of imide groups is 1. The van der Waals surface area contributed by atoms with E-state index in [1.807, 2.05) is 0 Å². The minimum Gasteiger partial charge on any atom is -0.352 e. The van der Waals surface area contributed by atoms with Gasteiger partial charge < -0.3 is 27.0 Å². The molecule has 13 nitrogen and oxygen atoms in total. The molecule has 2 atom stereocenters. The minimum absolute atomic E-state index is 0.150. The number of rotatable bonds is 19. The molecule has 0 bridgehead atoms. The summed E-state index contributed by atoms with van der Waals surface area (Å²) in [6.07, 6.45) is 5.28. The molecule has 1 unspecified atom stereocenters. The fraction of sp³-hybridized carbons (Fsp3) is 0.517. The highest BCUT2D eigenvalue weighted by atomic mass is 19.2. The van der Waals surface area contributed by atoms with Gasteiger partial charge in [0.15, 0.2) is 0 Å². The van der Waals surface area contributed by atoms with E-state index in [4.69, 9.17) is 5.73 Å². The maximum atomic E-state index is 13.3. The van der Waals surface area contributed by atoms with Crippen molar-refractivity contribution in [1.29, 1.82) is 0 Å². The van der Waals surface area contributed by atoms with Gasteiger partial charge in [0.2, 0.25) is 17.7 Å². The van der Waals surface area contributed by atoms with Crippen LogP contribution in [-0.2, 0) is 30.4 Å². The van der Waals surface area contributed by atoms with Gasteiger partial charge in [-0.05, 0) is 55.7 Å². The van der Waals surface area contributed by atoms with Crippen molar-refractivity contribution in [2.45, 2.75) is 70.9 Å². The number of carbonyl (C=O) groups excluding carboxylic acids is 6. The van der Waals surface area contributed by atoms with Crippen molar-refractivity contribution in [3.05, 3.63) is 42.0 Å². The van der Waals surface area contributed by atoms with Gasteiger partial charge >= 0.3 is 6.03 Å². The number of nitrogens with two attached hydrogens (primary N) is 1. The number of primary amides is 1. The first-order valence-electron chi connectivity index (χ1n) is 14.4. The molecule has 14 heteroatoms. The number of anilines is 1. The zero-order chi connectivity index (χ0) is 31.8. The molecule has 236 valence electrons. The van der Waals surface area contributed by atoms with Gasteiger partial charge in [0.1, 0.15) is 12.1 Å². The fourth-order valence-corrected chi connectivity index (χ4v) is 4.39. The van der Waals surface area contributed by atoms with Crippen LogP contribution in [0, 0.1) is 5.92 Å². The molecule has 1 aliphatic heterocycles. The van der Waals surface area contributed by atoms with Gasteiger partial charge in [0.05, 0.1) is 0 Å². The topological polar surface area (TPSA) is 192 Å². The monoisotopic (exact) mass is 603 g/mol. The number of urea groups is 1. The molecule has 0 fully saturated rings. The Morgan fingerprint density at radius 3 is 2.16 bits per heavy atom. The molecule has 1 aromatic carbocycles. The summed E-state index contributed by atoms with van der Waals surface area (Å²) in [5.41, 5.74) is 8.05. The third-order valence-electron chi connectivity index (χ3n) is 6.78. The normalized spacial score (nSPS) is 14.0. The van der Waals surface area contributed by atoms with Crippen molar-refractivity contribution in [2.24, 2.45) is 11.7 Å². The molecule has 0 aromatic heterocycles. The minimum atomic E-state index is -0.971. The summed E-state index contributed by atoms with van der Waals surface area (Å²) < 4.78 is 12.2. The summed E-state index contributed by atoms with van der Waals surface area (Å²) in [4.78, 5) is 74.4. The Balaban J connectivity index is 1.93. The second-order valence-corrected chi connectivity index (χ2v) is 10.6. The van der Waals surface area contributed by atoms with E-state index in [9.17, 15) is 33.2 Å². The summed E-state index contributed by atoms with van der Waals surface area (Å²) in [6, 6.07) is 4.28. The molecule has 0 saturated carbocycles. The number of amides is 7. The molecular formula is C29H42FN7O6. The zero-order valence-corrected chi connectivity index (χ0v) is 24.6. The van der Waals surface area contributed by atoms with Crippen LogP contribution < -0.4 is 32.5 Å². The van der Waals surface area contributed by atoms with Crippen LogP contribution >= 0.6 is 0 Å². The van der Waals surface area contributed by atoms with Gasteiger partial charge in [-0.1, -0.05) is 32.4 Å². The lowest BCUT2D eigenvalue weighted by Crippen LogP contribution is -2.54. The summed E-state index contributed by atoms with van der Waals surface area (Å²) in [5, 5.41) is 10.7. The number of unbranched alkanes of at least 4 members (excludes halogenated alkanes) is 2. The Morgan fingerprint density at radius 1 is 0.884 bits per heavy atom. The number of hydrogen-bond donors (Lipinski definition) is 6. The summed E-state index contributed by atoms with van der Waals surface area (Å²) in [5.74, 6) is -2.31. The Morgan fingerprint density at radius 2 is 1.56 bits per heavy atom. The lowest BCUT2D eigenvalue weighted by atomic mass is 10.0. The Hall–Kier alpha value is -4.33. The number of halogens is 1. The van der Waals surface area contributed by atoms with Crippen LogP contribution in [-0.4, -0.2) is 72.2 Å². The number of hydrogen-bond acceptors (Lipinski definition) is 7. The maximum Gasteiger partial charge on any atom is 0.312 e. The average Bonchev–Trinajstić information content (AvgIpc) is 3.28. The van der Waals surface area contributed by atoms with Gasteiger partial charge in [-0.3, -0.25) is 28.9 Å². The molecule has 2 rings (SSSR count). The van der Waals surface area contributed by atoms with E-state index in [1.54, 1.807) is 43.7 Å². The molecule has 1 heterocycles. The number of nitrogens with zero attached hydrogens (tertiary/aromatic N) is 1. The Kier molecular flexibility index (Phi) is 14.8. The highest BCUT2D eigenvalue weighted by molar-refractivity contribution is 6.12. The zero-order valence-electron chi connectivity index (χ0n) is 24.6. The van der Waals surface area contributed by atoms with Crippen LogP contribution in [0.3, 0.4) is 0 Å². The fourth-order valence-electron chi connectivity index (χ4n) is 4.39. The molecular weight excluding hydrogens is 561 g/mol. The van der Waals surface area contributed by atoms with Crippen molar-refractivity contribution in [2.75, 3.05) is 25.0 Å². The Bertz CT molecular complexity index is 1140. The standard InChI is InChI=1S/C29H42FN7O6/c1-19(2)26(36-23(38)8-4-3-5-18-37-24(39)13-14-25(37)40)28(42)35-22(7-6-16-32-29(31)43)27(41)34-21-11-9-20(10-12-21)15-17-33-30/h9-14,19,22,26,33H,3-8,15-18H2,1-2H3,(H,34,41)(H,35,42)(H,36,38)(H3,31,32,43)/t22-,26?/m1/s1. The lowest BCUT2D eigenvalue weighted by Gasteiger charge is -2.25. The van der Waals surface area contributed by atoms with Crippen molar-refractivity contribution in [1.82, 2.24) is 26.4 Å². The van der Waals surface area contributed by atoms with Crippen molar-refractivity contribution < 1.29 is 33.2 Å². The van der Waals surface area contributed by atoms with E-state index >= 15 is 0 Å². The van der Waals surface area contributed by atoms with E-state index in [0.29, 0.717) is 37.8 Å². The van der Waals surface area contributed by atoms with E-state index in [-0.39, 0.29) is 56.1 Å². The van der Waals surface area contributed by atoms with Crippen LogP contribution in [0.2, 0.25) is 0 Å². The van der Waals surface area contributed by atoms with Crippen LogP contribution in [0.4, 0.5) is 15.0 Å². The van der Waals surface area contributed by atoms with Gasteiger partial charge in [-0.25, -0.2) is 4.79 Å². The smallest absolute Gasteiger partial charge is 0.312 e. The number of nitrogens with one attached hydrogen (secondary N) is 5. The lowest BCUT2D eigenvalue weighted by molar-refractivity contribution is -0.137. The van der Waals surface area contributed by atoms with Crippen molar-refractivity contribution >= 4 is 41.3 Å². The Labute approximate surface area is 250 Å². The molecule has 1 aromatic rings. The van der Waals surface area contributed by atoms with E-state index < -0.39 is 29.9 Å². The van der Waals surface area contributed by atoms with Gasteiger partial charge in [0, 0.05) is 43.9 Å². The number of carbonyl (C=O) groups is 6. The first kappa shape index (κ1) is 34.9. The molecule has 0 radical (unpaired) electrons. The highest BCUT2D eigenvalue weighted by Gasteiger charge is 2.29. The van der Waals surface area contributed by atoms with Gasteiger partial charge in [-0.15, -0.1) is 4.48 Å². The molecule has 7 N–H and O–H groups in total. The van der Waals surface area contributed by atoms with E-state index in [0.717, 1.165) is 10.5 Å². The number of benzene rings is 1. The van der Waals surface area contributed by atoms with Crippen molar-refractivity contribution in [3.8, 4) is 0 Å². The summed E-state index contributed by atoms with van der Waals surface area (Å²) in [7, 11) is 0. The highest BCUT2D eigenvalue weighted by Crippen LogP contribution is 2.13. The van der Waals surface area contributed by atoms with Gasteiger partial charge in [-0.2, -0.15) is 5.54 Å². The molecule has 0 spiro atoms. The summed E-state index contributed by atoms with van der Waals surface area (Å²) >= 11 is 0. The van der Waals surface area contributed by atoms with Crippen LogP contribution in [0.5, 0.6) is 0 Å². The largest absolute Gasteiger partial charge is 0.352 e. The van der Waals surface area contributed by atoms with Gasteiger partial charge in [0.25, 0.3) is 11.8 Å². The third kappa shape index (κ3) is 12.6. The van der Waals surface area contributed by atoms with Crippen molar-refractivity contribution in [3.63, 3.8) is 0 Å². The summed E-state index contributed by atoms with van der Waals surface area (Å²) in [6.45, 7) is 4.19. The predicted octanol–water partition coefficient (Wildman–Crippen LogP) is 1.20. The predicted molar refractivity (Wildman–Crippen MR) is 158 cm³/mol. The van der Waals surface area contributed by atoms with Crippen LogP contribution in [0.25, 0.3) is 0 Å². The molecule has 1 aliphatic rings. The quantitative estimate of drug-likeness (QED) is 0.0777. The molecule has 0 saturated heterocycles. The molecule has 7 amide bonds. The second kappa shape index (κ2) is 18.3. The van der Waals surface area contributed by atoms with E-state index in [1.165, 1.54) is 12.2 Å². The van der Waals surface area contributed by atoms with E-state index in [2.05, 4.69) is 21.3 Å². The third-order valence-corrected chi connectivity index (χ3v) is 6.78. The average molecular weight is 604 g/mol. The second-order valence-electron chi connectivity index (χ2n) is 10.6.